The number of piperidine rings is 1. The van der Waals surface area contributed by atoms with E-state index in [2.05, 4.69) is 22.4 Å². The fourth-order valence-electron chi connectivity index (χ4n) is 4.73. The monoisotopic (exact) mass is 517 g/mol. The molecule has 0 amide bonds. The molecule has 7 nitrogen and oxygen atoms in total. The highest BCUT2D eigenvalue weighted by molar-refractivity contribution is 7.10. The second-order valence-corrected chi connectivity index (χ2v) is 10.0. The van der Waals surface area contributed by atoms with Crippen molar-refractivity contribution in [3.05, 3.63) is 57.9 Å². The maximum atomic E-state index is 13.3. The second kappa shape index (κ2) is 10.1. The predicted molar refractivity (Wildman–Crippen MR) is 129 cm³/mol. The number of hydrogen-bond acceptors (Lipinski definition) is 7. The van der Waals surface area contributed by atoms with E-state index in [9.17, 15) is 18.0 Å². The predicted octanol–water partition coefficient (Wildman–Crippen LogP) is 5.50. The molecule has 0 radical (unpaired) electrons. The Morgan fingerprint density at radius 3 is 2.72 bits per heavy atom. The van der Waals surface area contributed by atoms with Crippen LogP contribution in [0.4, 0.5) is 13.2 Å². The zero-order valence-corrected chi connectivity index (χ0v) is 20.6. The first-order chi connectivity index (χ1) is 17.3. The molecule has 3 aromatic heterocycles. The van der Waals surface area contributed by atoms with Gasteiger partial charge in [0.25, 0.3) is 0 Å². The molecule has 4 heterocycles. The van der Waals surface area contributed by atoms with Gasteiger partial charge in [0, 0.05) is 22.9 Å². The maximum Gasteiger partial charge on any atom is 0.433 e. The lowest BCUT2D eigenvalue weighted by atomic mass is 9.96. The van der Waals surface area contributed by atoms with Crippen molar-refractivity contribution in [1.82, 2.24) is 24.8 Å². The number of aromatic nitrogens is 4. The smallest absolute Gasteiger partial charge is 0.356 e. The molecule has 1 unspecified atom stereocenters. The van der Waals surface area contributed by atoms with Crippen LogP contribution in [-0.2, 0) is 17.5 Å². The Labute approximate surface area is 210 Å². The molecule has 190 valence electrons. The quantitative estimate of drug-likeness (QED) is 0.385. The molecular formula is C25H26F3N5O2S. The normalized spacial score (nSPS) is 18.4. The van der Waals surface area contributed by atoms with Crippen LogP contribution in [-0.4, -0.2) is 50.2 Å². The molecule has 0 aromatic carbocycles. The van der Waals surface area contributed by atoms with E-state index in [4.69, 9.17) is 9.51 Å². The second-order valence-electron chi connectivity index (χ2n) is 9.15. The third kappa shape index (κ3) is 5.22. The van der Waals surface area contributed by atoms with Crippen LogP contribution in [0.1, 0.15) is 53.8 Å². The van der Waals surface area contributed by atoms with Crippen LogP contribution >= 0.6 is 11.3 Å². The molecule has 2 aliphatic rings. The highest BCUT2D eigenvalue weighted by Gasteiger charge is 2.37. The van der Waals surface area contributed by atoms with Crippen LogP contribution in [0.5, 0.6) is 0 Å². The molecule has 1 aliphatic carbocycles. The van der Waals surface area contributed by atoms with Crippen LogP contribution in [0.3, 0.4) is 0 Å². The Hall–Kier alpha value is -3.05. The highest BCUT2D eigenvalue weighted by Crippen LogP contribution is 2.35. The van der Waals surface area contributed by atoms with Gasteiger partial charge in [-0.1, -0.05) is 23.4 Å². The topological polar surface area (TPSA) is 77.0 Å². The third-order valence-corrected chi connectivity index (χ3v) is 7.64. The number of alkyl halides is 3. The molecule has 1 aliphatic heterocycles. The van der Waals surface area contributed by atoms with Gasteiger partial charge in [0.05, 0.1) is 23.3 Å². The first-order valence-electron chi connectivity index (χ1n) is 11.9. The standard InChI is InChI=1S/C25H26F3N5O2S/c1-16-11-23(25(26,27)28)33(30-16)13-19(14-34)32-9-7-18(8-10-32)24-29-21(15-36-24)20-12-22(35-31-20)17-5-3-2-4-6-17/h3,5-6,11-12,14-15,18-19H,2,4,7-10,13H2,1H3. The van der Waals surface area contributed by atoms with E-state index in [0.29, 0.717) is 18.8 Å². The molecule has 5 rings (SSSR count). The Morgan fingerprint density at radius 2 is 2.03 bits per heavy atom. The Balaban J connectivity index is 1.21. The Bertz CT molecular complexity index is 1280. The summed E-state index contributed by atoms with van der Waals surface area (Å²) in [7, 11) is 0. The van der Waals surface area contributed by atoms with Crippen molar-refractivity contribution in [2.45, 2.75) is 57.3 Å². The number of thiazole rings is 1. The average Bonchev–Trinajstić information content (AvgIpc) is 3.62. The van der Waals surface area contributed by atoms with Crippen molar-refractivity contribution >= 4 is 23.2 Å². The summed E-state index contributed by atoms with van der Waals surface area (Å²) in [6, 6.07) is 2.24. The summed E-state index contributed by atoms with van der Waals surface area (Å²) >= 11 is 1.57. The highest BCUT2D eigenvalue weighted by atomic mass is 32.1. The molecule has 0 spiro atoms. The molecular weight excluding hydrogens is 491 g/mol. The van der Waals surface area contributed by atoms with Gasteiger partial charge in [-0.25, -0.2) is 4.98 Å². The number of likely N-dealkylation sites (tertiary alicyclic amines) is 1. The van der Waals surface area contributed by atoms with Gasteiger partial charge in [-0.15, -0.1) is 11.3 Å². The van der Waals surface area contributed by atoms with Crippen molar-refractivity contribution in [1.29, 1.82) is 0 Å². The third-order valence-electron chi connectivity index (χ3n) is 6.63. The summed E-state index contributed by atoms with van der Waals surface area (Å²) in [4.78, 5) is 18.5. The summed E-state index contributed by atoms with van der Waals surface area (Å²) in [5.41, 5.74) is 1.94. The fraction of sp³-hybridized carbons (Fsp3) is 0.440. The first kappa shape index (κ1) is 24.6. The van der Waals surface area contributed by atoms with Gasteiger partial charge in [0.2, 0.25) is 0 Å². The molecule has 0 N–H and O–H groups in total. The van der Waals surface area contributed by atoms with Crippen LogP contribution in [0.2, 0.25) is 0 Å². The van der Waals surface area contributed by atoms with Crippen LogP contribution in [0, 0.1) is 6.92 Å². The Kier molecular flexibility index (Phi) is 6.94. The maximum absolute atomic E-state index is 13.3. The van der Waals surface area contributed by atoms with Crippen molar-refractivity contribution in [3.8, 4) is 11.4 Å². The summed E-state index contributed by atoms with van der Waals surface area (Å²) < 4.78 is 46.4. The van der Waals surface area contributed by atoms with Gasteiger partial charge >= 0.3 is 6.18 Å². The number of halogens is 3. The Morgan fingerprint density at radius 1 is 1.22 bits per heavy atom. The van der Waals surface area contributed by atoms with Gasteiger partial charge in [0.1, 0.15) is 23.4 Å². The van der Waals surface area contributed by atoms with Gasteiger partial charge in [-0.3, -0.25) is 9.58 Å². The lowest BCUT2D eigenvalue weighted by molar-refractivity contribution is -0.145. The number of aryl methyl sites for hydroxylation is 1. The molecule has 0 saturated carbocycles. The van der Waals surface area contributed by atoms with Crippen molar-refractivity contribution < 1.29 is 22.5 Å². The van der Waals surface area contributed by atoms with Crippen molar-refractivity contribution in [2.75, 3.05) is 13.1 Å². The summed E-state index contributed by atoms with van der Waals surface area (Å²) in [6.45, 7) is 2.58. The van der Waals surface area contributed by atoms with Gasteiger partial charge in [-0.05, 0) is 51.8 Å². The van der Waals surface area contributed by atoms with E-state index >= 15 is 0 Å². The molecule has 0 bridgehead atoms. The van der Waals surface area contributed by atoms with Crippen molar-refractivity contribution in [3.63, 3.8) is 0 Å². The number of allylic oxidation sites excluding steroid dienone is 4. The molecule has 1 atom stereocenters. The van der Waals surface area contributed by atoms with E-state index in [1.54, 1.807) is 11.3 Å². The number of carbonyl (C=O) groups is 1. The largest absolute Gasteiger partial charge is 0.433 e. The molecule has 1 saturated heterocycles. The minimum atomic E-state index is -4.51. The zero-order valence-electron chi connectivity index (χ0n) is 19.7. The molecule has 1 fully saturated rings. The van der Waals surface area contributed by atoms with Gasteiger partial charge in [0.15, 0.2) is 5.76 Å². The minimum absolute atomic E-state index is 0.127. The molecule has 11 heteroatoms. The van der Waals surface area contributed by atoms with E-state index in [0.717, 1.165) is 64.8 Å². The minimum Gasteiger partial charge on any atom is -0.356 e. The number of aldehydes is 1. The first-order valence-corrected chi connectivity index (χ1v) is 12.8. The SMILES string of the molecule is Cc1cc(C(F)(F)F)n(CC(C=O)N2CCC(c3nc(-c4cc(C5=CCCC=C5)on4)cs3)CC2)n1. The van der Waals surface area contributed by atoms with Gasteiger partial charge in [-0.2, -0.15) is 18.3 Å². The molecule has 3 aromatic rings. The van der Waals surface area contributed by atoms with Crippen molar-refractivity contribution in [2.24, 2.45) is 0 Å². The lowest BCUT2D eigenvalue weighted by Crippen LogP contribution is -2.44. The number of carbonyl (C=O) groups excluding carboxylic acids is 1. The summed E-state index contributed by atoms with van der Waals surface area (Å²) in [5.74, 6) is 0.949. The fourth-order valence-corrected chi connectivity index (χ4v) is 5.72. The van der Waals surface area contributed by atoms with E-state index in [1.165, 1.54) is 6.92 Å². The average molecular weight is 518 g/mol. The van der Waals surface area contributed by atoms with Crippen LogP contribution in [0.25, 0.3) is 17.0 Å². The number of nitrogens with zero attached hydrogens (tertiary/aromatic N) is 5. The van der Waals surface area contributed by atoms with E-state index in [-0.39, 0.29) is 18.2 Å². The van der Waals surface area contributed by atoms with E-state index < -0.39 is 17.9 Å². The summed E-state index contributed by atoms with van der Waals surface area (Å²) in [5, 5.41) is 11.1. The van der Waals surface area contributed by atoms with Crippen LogP contribution < -0.4 is 0 Å². The number of rotatable bonds is 7. The number of hydrogen-bond donors (Lipinski definition) is 0. The summed E-state index contributed by atoms with van der Waals surface area (Å²) in [6.07, 6.45) is 6.04. The van der Waals surface area contributed by atoms with Crippen LogP contribution in [0.15, 0.2) is 40.3 Å². The van der Waals surface area contributed by atoms with Gasteiger partial charge < -0.3 is 9.32 Å². The lowest BCUT2D eigenvalue weighted by Gasteiger charge is -2.34. The zero-order chi connectivity index (χ0) is 25.3. The molecule has 36 heavy (non-hydrogen) atoms. The van der Waals surface area contributed by atoms with E-state index in [1.807, 2.05) is 22.4 Å².